The first kappa shape index (κ1) is 14.4. The molecule has 0 saturated heterocycles. The minimum Gasteiger partial charge on any atom is -0.294 e. The number of hydrogen-bond acceptors (Lipinski definition) is 1. The van der Waals surface area contributed by atoms with E-state index in [4.69, 9.17) is 34.8 Å². The lowest BCUT2D eigenvalue weighted by atomic mass is 10.0. The van der Waals surface area contributed by atoms with Gasteiger partial charge in [0.2, 0.25) is 0 Å². The molecule has 0 radical (unpaired) electrons. The van der Waals surface area contributed by atoms with Crippen LogP contribution in [0.1, 0.15) is 21.5 Å². The fraction of sp³-hybridized carbons (Fsp3) is 0.133. The van der Waals surface area contributed by atoms with E-state index in [-0.39, 0.29) is 12.2 Å². The number of halogens is 3. The maximum absolute atomic E-state index is 12.2. The molecule has 0 heterocycles. The Morgan fingerprint density at radius 1 is 1.05 bits per heavy atom. The van der Waals surface area contributed by atoms with Crippen molar-refractivity contribution in [1.29, 1.82) is 0 Å². The Hall–Kier alpha value is -1.02. The van der Waals surface area contributed by atoms with Gasteiger partial charge in [-0.25, -0.2) is 0 Å². The largest absolute Gasteiger partial charge is 0.294 e. The minimum atomic E-state index is -0.0360. The SMILES string of the molecule is Cc1ccc(C(=O)Cc2cccc(Cl)c2Cl)cc1Cl. The van der Waals surface area contributed by atoms with E-state index in [1.54, 1.807) is 30.3 Å². The molecule has 0 N–H and O–H groups in total. The molecule has 19 heavy (non-hydrogen) atoms. The fourth-order valence-electron chi connectivity index (χ4n) is 1.73. The van der Waals surface area contributed by atoms with E-state index in [9.17, 15) is 4.79 Å². The molecule has 0 atom stereocenters. The summed E-state index contributed by atoms with van der Waals surface area (Å²) < 4.78 is 0. The molecule has 0 aliphatic carbocycles. The van der Waals surface area contributed by atoms with Crippen molar-refractivity contribution in [2.45, 2.75) is 13.3 Å². The van der Waals surface area contributed by atoms with E-state index in [1.165, 1.54) is 0 Å². The first-order chi connectivity index (χ1) is 8.99. The third-order valence-corrected chi connectivity index (χ3v) is 4.14. The zero-order valence-corrected chi connectivity index (χ0v) is 12.5. The highest BCUT2D eigenvalue weighted by molar-refractivity contribution is 6.42. The molecule has 4 heteroatoms. The van der Waals surface area contributed by atoms with Crippen LogP contribution in [0, 0.1) is 6.92 Å². The summed E-state index contributed by atoms with van der Waals surface area (Å²) >= 11 is 18.0. The molecule has 0 fully saturated rings. The van der Waals surface area contributed by atoms with Crippen LogP contribution in [0.3, 0.4) is 0 Å². The second kappa shape index (κ2) is 5.96. The summed E-state index contributed by atoms with van der Waals surface area (Å²) in [6.07, 6.45) is 0.207. The monoisotopic (exact) mass is 312 g/mol. The molecule has 2 aromatic rings. The number of carbonyl (C=O) groups excluding carboxylic acids is 1. The van der Waals surface area contributed by atoms with Crippen molar-refractivity contribution < 1.29 is 4.79 Å². The molecule has 0 aromatic heterocycles. The first-order valence-electron chi connectivity index (χ1n) is 5.71. The normalized spacial score (nSPS) is 10.5. The number of carbonyl (C=O) groups is 1. The topological polar surface area (TPSA) is 17.1 Å². The first-order valence-corrected chi connectivity index (χ1v) is 6.84. The molecule has 0 unspecified atom stereocenters. The summed E-state index contributed by atoms with van der Waals surface area (Å²) in [4.78, 5) is 12.2. The van der Waals surface area contributed by atoms with Crippen molar-refractivity contribution in [2.24, 2.45) is 0 Å². The van der Waals surface area contributed by atoms with Gasteiger partial charge in [-0.2, -0.15) is 0 Å². The number of hydrogen-bond donors (Lipinski definition) is 0. The second-order valence-corrected chi connectivity index (χ2v) is 5.47. The van der Waals surface area contributed by atoms with Crippen molar-refractivity contribution in [2.75, 3.05) is 0 Å². The standard InChI is InChI=1S/C15H11Cl3O/c1-9-5-6-10(7-13(9)17)14(19)8-11-3-2-4-12(16)15(11)18/h2-7H,8H2,1H3. The van der Waals surface area contributed by atoms with Gasteiger partial charge in [0.1, 0.15) is 0 Å². The van der Waals surface area contributed by atoms with Gasteiger partial charge in [-0.1, -0.05) is 59.1 Å². The molecule has 0 aliphatic heterocycles. The average Bonchev–Trinajstić information content (AvgIpc) is 2.38. The van der Waals surface area contributed by atoms with Crippen LogP contribution in [0.25, 0.3) is 0 Å². The third kappa shape index (κ3) is 3.30. The summed E-state index contributed by atoms with van der Waals surface area (Å²) in [5.74, 6) is -0.0360. The lowest BCUT2D eigenvalue weighted by molar-refractivity contribution is 0.0993. The van der Waals surface area contributed by atoms with Crippen LogP contribution in [-0.2, 0) is 6.42 Å². The van der Waals surface area contributed by atoms with Crippen molar-refractivity contribution in [3.05, 3.63) is 68.2 Å². The summed E-state index contributed by atoms with van der Waals surface area (Å²) in [6, 6.07) is 10.5. The van der Waals surface area contributed by atoms with Gasteiger partial charge in [0.15, 0.2) is 5.78 Å². The molecule has 2 rings (SSSR count). The van der Waals surface area contributed by atoms with Crippen LogP contribution in [0.15, 0.2) is 36.4 Å². The highest BCUT2D eigenvalue weighted by Gasteiger charge is 2.12. The Balaban J connectivity index is 2.26. The molecule has 0 spiro atoms. The van der Waals surface area contributed by atoms with Gasteiger partial charge in [-0.15, -0.1) is 0 Å². The van der Waals surface area contributed by atoms with E-state index in [0.717, 1.165) is 11.1 Å². The minimum absolute atomic E-state index is 0.0360. The molecule has 98 valence electrons. The quantitative estimate of drug-likeness (QED) is 0.695. The van der Waals surface area contributed by atoms with Crippen LogP contribution >= 0.6 is 34.8 Å². The summed E-state index contributed by atoms with van der Waals surface area (Å²) in [5.41, 5.74) is 2.24. The Bertz CT molecular complexity index is 635. The number of ketones is 1. The summed E-state index contributed by atoms with van der Waals surface area (Å²) in [6.45, 7) is 1.89. The van der Waals surface area contributed by atoms with Crippen molar-refractivity contribution in [3.63, 3.8) is 0 Å². The van der Waals surface area contributed by atoms with Gasteiger partial charge in [-0.3, -0.25) is 4.79 Å². The van der Waals surface area contributed by atoms with E-state index >= 15 is 0 Å². The van der Waals surface area contributed by atoms with E-state index < -0.39 is 0 Å². The maximum atomic E-state index is 12.2. The van der Waals surface area contributed by atoms with Crippen LogP contribution < -0.4 is 0 Å². The van der Waals surface area contributed by atoms with E-state index in [0.29, 0.717) is 20.6 Å². The predicted molar refractivity (Wildman–Crippen MR) is 80.7 cm³/mol. The highest BCUT2D eigenvalue weighted by Crippen LogP contribution is 2.27. The molecular formula is C15H11Cl3O. The van der Waals surface area contributed by atoms with Gasteiger partial charge in [0, 0.05) is 17.0 Å². The van der Waals surface area contributed by atoms with Crippen molar-refractivity contribution in [3.8, 4) is 0 Å². The summed E-state index contributed by atoms with van der Waals surface area (Å²) in [7, 11) is 0. The van der Waals surface area contributed by atoms with Crippen molar-refractivity contribution in [1.82, 2.24) is 0 Å². The molecule has 2 aromatic carbocycles. The van der Waals surface area contributed by atoms with Gasteiger partial charge in [0.25, 0.3) is 0 Å². The Morgan fingerprint density at radius 2 is 1.79 bits per heavy atom. The maximum Gasteiger partial charge on any atom is 0.167 e. The van der Waals surface area contributed by atoms with E-state index in [2.05, 4.69) is 0 Å². The van der Waals surface area contributed by atoms with Crippen LogP contribution in [0.2, 0.25) is 15.1 Å². The van der Waals surface area contributed by atoms with Crippen molar-refractivity contribution >= 4 is 40.6 Å². The number of aryl methyl sites for hydroxylation is 1. The van der Waals surface area contributed by atoms with Gasteiger partial charge in [-0.05, 0) is 30.2 Å². The summed E-state index contributed by atoms with van der Waals surface area (Å²) in [5, 5.41) is 1.47. The second-order valence-electron chi connectivity index (χ2n) is 4.28. The third-order valence-electron chi connectivity index (χ3n) is 2.88. The fourth-order valence-corrected chi connectivity index (χ4v) is 2.29. The van der Waals surface area contributed by atoms with Crippen LogP contribution in [0.5, 0.6) is 0 Å². The smallest absolute Gasteiger partial charge is 0.167 e. The molecule has 1 nitrogen and oxygen atoms in total. The number of Topliss-reactive ketones (excluding diaryl/α,β-unsaturated/α-hetero) is 1. The lowest BCUT2D eigenvalue weighted by Gasteiger charge is -2.06. The Kier molecular flexibility index (Phi) is 4.51. The predicted octanol–water partition coefficient (Wildman–Crippen LogP) is 5.38. The van der Waals surface area contributed by atoms with Gasteiger partial charge in [0.05, 0.1) is 10.0 Å². The lowest BCUT2D eigenvalue weighted by Crippen LogP contribution is -2.04. The van der Waals surface area contributed by atoms with Crippen LogP contribution in [-0.4, -0.2) is 5.78 Å². The highest BCUT2D eigenvalue weighted by atomic mass is 35.5. The Labute approximate surface area is 127 Å². The molecule has 0 amide bonds. The average molecular weight is 314 g/mol. The van der Waals surface area contributed by atoms with Gasteiger partial charge >= 0.3 is 0 Å². The Morgan fingerprint density at radius 3 is 2.47 bits per heavy atom. The van der Waals surface area contributed by atoms with Crippen LogP contribution in [0.4, 0.5) is 0 Å². The zero-order valence-electron chi connectivity index (χ0n) is 10.2. The molecular weight excluding hydrogens is 303 g/mol. The van der Waals surface area contributed by atoms with E-state index in [1.807, 2.05) is 13.0 Å². The molecule has 0 aliphatic rings. The van der Waals surface area contributed by atoms with Gasteiger partial charge < -0.3 is 0 Å². The number of rotatable bonds is 3. The molecule has 0 bridgehead atoms. The zero-order chi connectivity index (χ0) is 14.0. The molecule has 0 saturated carbocycles. The number of benzene rings is 2.